The van der Waals surface area contributed by atoms with Gasteiger partial charge in [-0.3, -0.25) is 9.69 Å². The van der Waals surface area contributed by atoms with Gasteiger partial charge in [0.05, 0.1) is 25.9 Å². The normalized spacial score (nSPS) is 11.9. The first-order valence-corrected chi connectivity index (χ1v) is 13.3. The van der Waals surface area contributed by atoms with Gasteiger partial charge in [-0.2, -0.15) is 0 Å². The fourth-order valence-electron chi connectivity index (χ4n) is 3.19. The topological polar surface area (TPSA) is 70.6 Å². The van der Waals surface area contributed by atoms with Crippen molar-refractivity contribution in [1.82, 2.24) is 9.88 Å². The second-order valence-corrected chi connectivity index (χ2v) is 11.7. The van der Waals surface area contributed by atoms with Crippen LogP contribution in [-0.2, 0) is 14.6 Å². The van der Waals surface area contributed by atoms with Gasteiger partial charge in [0.1, 0.15) is 0 Å². The Bertz CT molecular complexity index is 1170. The number of carbonyl (C=O) groups excluding carboxylic acids is 1. The van der Waals surface area contributed by atoms with Gasteiger partial charge in [-0.15, -0.1) is 0 Å². The maximum Gasteiger partial charge on any atom is 0.229 e. The van der Waals surface area contributed by atoms with Crippen molar-refractivity contribution in [2.24, 2.45) is 0 Å². The van der Waals surface area contributed by atoms with E-state index in [2.05, 4.69) is 4.98 Å². The molecule has 0 radical (unpaired) electrons. The fourth-order valence-corrected chi connectivity index (χ4v) is 5.91. The van der Waals surface area contributed by atoms with Crippen LogP contribution in [0.25, 0.3) is 10.2 Å². The third kappa shape index (κ3) is 5.99. The van der Waals surface area contributed by atoms with E-state index in [1.165, 1.54) is 35.6 Å². The molecule has 0 aliphatic carbocycles. The maximum absolute atomic E-state index is 13.2. The van der Waals surface area contributed by atoms with E-state index in [9.17, 15) is 13.2 Å². The fraction of sp³-hybridized carbons (Fsp3) is 0.364. The molecule has 6 nitrogen and oxygen atoms in total. The molecule has 2 aromatic carbocycles. The van der Waals surface area contributed by atoms with Gasteiger partial charge in [-0.05, 0) is 69.9 Å². The highest BCUT2D eigenvalue weighted by atomic mass is 35.5. The summed E-state index contributed by atoms with van der Waals surface area (Å²) < 4.78 is 26.2. The molecule has 3 aromatic rings. The number of amides is 1. The summed E-state index contributed by atoms with van der Waals surface area (Å²) in [6, 6.07) is 9.67. The first kappa shape index (κ1) is 24.9. The summed E-state index contributed by atoms with van der Waals surface area (Å²) in [6.45, 7) is 3.17. The lowest BCUT2D eigenvalue weighted by Gasteiger charge is -2.21. The quantitative estimate of drug-likeness (QED) is 0.399. The third-order valence-electron chi connectivity index (χ3n) is 4.96. The zero-order valence-electron chi connectivity index (χ0n) is 18.1. The molecule has 0 saturated heterocycles. The zero-order valence-corrected chi connectivity index (χ0v) is 21.3. The Morgan fingerprint density at radius 1 is 1.06 bits per heavy atom. The number of nitrogens with zero attached hydrogens (tertiary/aromatic N) is 3. The van der Waals surface area contributed by atoms with Crippen molar-refractivity contribution in [3.8, 4) is 0 Å². The maximum atomic E-state index is 13.2. The number of hydrogen-bond donors (Lipinski definition) is 0. The summed E-state index contributed by atoms with van der Waals surface area (Å²) >= 11 is 13.5. The van der Waals surface area contributed by atoms with Crippen LogP contribution in [0, 0.1) is 6.92 Å². The number of carbonyl (C=O) groups is 1. The molecular formula is C22H25Cl2N3O3S2. The van der Waals surface area contributed by atoms with Gasteiger partial charge in [-0.1, -0.05) is 40.6 Å². The number of halogens is 2. The van der Waals surface area contributed by atoms with Gasteiger partial charge in [0, 0.05) is 18.0 Å². The summed E-state index contributed by atoms with van der Waals surface area (Å²) in [5, 5.41) is 1.57. The summed E-state index contributed by atoms with van der Waals surface area (Å²) in [5.74, 6) is -0.573. The Morgan fingerprint density at radius 2 is 1.75 bits per heavy atom. The van der Waals surface area contributed by atoms with E-state index in [0.717, 1.165) is 28.7 Å². The standard InChI is InChI=1S/C22H25Cl2N3O3S2/c1-15-5-10-18(24)21-20(15)25-22(31-21)27(13-4-12-26(2)3)19(28)11-14-32(29,30)17-8-6-16(23)7-9-17/h5-10H,4,11-14H2,1-3H3. The van der Waals surface area contributed by atoms with Crippen molar-refractivity contribution < 1.29 is 13.2 Å². The molecule has 3 rings (SSSR count). The van der Waals surface area contributed by atoms with Crippen LogP contribution >= 0.6 is 34.5 Å². The van der Waals surface area contributed by atoms with Gasteiger partial charge < -0.3 is 4.90 Å². The summed E-state index contributed by atoms with van der Waals surface area (Å²) in [5.41, 5.74) is 1.73. The molecule has 172 valence electrons. The number of fused-ring (bicyclic) bond motifs is 1. The number of thiazole rings is 1. The van der Waals surface area contributed by atoms with Gasteiger partial charge in [0.25, 0.3) is 0 Å². The minimum absolute atomic E-state index is 0.143. The molecule has 1 amide bonds. The van der Waals surface area contributed by atoms with E-state index in [0.29, 0.717) is 21.7 Å². The average Bonchev–Trinajstić information content (AvgIpc) is 3.19. The number of hydrogen-bond acceptors (Lipinski definition) is 6. The van der Waals surface area contributed by atoms with Gasteiger partial charge in [0.2, 0.25) is 5.91 Å². The molecular weight excluding hydrogens is 489 g/mol. The van der Waals surface area contributed by atoms with Gasteiger partial charge >= 0.3 is 0 Å². The van der Waals surface area contributed by atoms with E-state index in [-0.39, 0.29) is 23.0 Å². The minimum atomic E-state index is -3.61. The van der Waals surface area contributed by atoms with Crippen LogP contribution < -0.4 is 4.90 Å². The second kappa shape index (κ2) is 10.5. The van der Waals surface area contributed by atoms with E-state index in [4.69, 9.17) is 23.2 Å². The number of anilines is 1. The van der Waals surface area contributed by atoms with Crippen LogP contribution in [0.2, 0.25) is 10.0 Å². The van der Waals surface area contributed by atoms with Crippen LogP contribution in [0.4, 0.5) is 5.13 Å². The summed E-state index contributed by atoms with van der Waals surface area (Å²) in [6.07, 6.45) is 0.584. The van der Waals surface area contributed by atoms with Crippen molar-refractivity contribution in [3.63, 3.8) is 0 Å². The molecule has 0 bridgehead atoms. The number of benzene rings is 2. The SMILES string of the molecule is Cc1ccc(Cl)c2sc(N(CCCN(C)C)C(=O)CCS(=O)(=O)c3ccc(Cl)cc3)nc12. The highest BCUT2D eigenvalue weighted by Gasteiger charge is 2.24. The predicted octanol–water partition coefficient (Wildman–Crippen LogP) is 5.06. The lowest BCUT2D eigenvalue weighted by atomic mass is 10.2. The number of sulfone groups is 1. The molecule has 0 unspecified atom stereocenters. The largest absolute Gasteiger partial charge is 0.309 e. The monoisotopic (exact) mass is 513 g/mol. The van der Waals surface area contributed by atoms with E-state index in [1.54, 1.807) is 4.90 Å². The molecule has 0 spiro atoms. The first-order chi connectivity index (χ1) is 15.1. The summed E-state index contributed by atoms with van der Waals surface area (Å²) in [7, 11) is 0.316. The molecule has 10 heteroatoms. The van der Waals surface area contributed by atoms with Crippen molar-refractivity contribution in [1.29, 1.82) is 0 Å². The van der Waals surface area contributed by atoms with Gasteiger partial charge in [0.15, 0.2) is 15.0 Å². The molecule has 0 atom stereocenters. The smallest absolute Gasteiger partial charge is 0.229 e. The van der Waals surface area contributed by atoms with Crippen molar-refractivity contribution in [3.05, 3.63) is 52.0 Å². The Morgan fingerprint density at radius 3 is 2.38 bits per heavy atom. The van der Waals surface area contributed by atoms with E-state index in [1.807, 2.05) is 38.1 Å². The lowest BCUT2D eigenvalue weighted by molar-refractivity contribution is -0.118. The molecule has 32 heavy (non-hydrogen) atoms. The van der Waals surface area contributed by atoms with Crippen LogP contribution in [0.15, 0.2) is 41.3 Å². The number of aryl methyl sites for hydroxylation is 1. The van der Waals surface area contributed by atoms with Crippen molar-refractivity contribution in [2.45, 2.75) is 24.7 Å². The van der Waals surface area contributed by atoms with Crippen LogP contribution in [-0.4, -0.2) is 57.1 Å². The minimum Gasteiger partial charge on any atom is -0.309 e. The summed E-state index contributed by atoms with van der Waals surface area (Å²) in [4.78, 5) is 21.6. The molecule has 1 heterocycles. The van der Waals surface area contributed by atoms with Crippen LogP contribution in [0.1, 0.15) is 18.4 Å². The molecule has 1 aromatic heterocycles. The van der Waals surface area contributed by atoms with Gasteiger partial charge in [-0.25, -0.2) is 13.4 Å². The second-order valence-electron chi connectivity index (χ2n) is 7.76. The first-order valence-electron chi connectivity index (χ1n) is 10.1. The Labute approximate surface area is 202 Å². The number of aromatic nitrogens is 1. The Hall–Kier alpha value is -1.71. The highest BCUT2D eigenvalue weighted by molar-refractivity contribution is 7.91. The predicted molar refractivity (Wildman–Crippen MR) is 133 cm³/mol. The molecule has 0 saturated carbocycles. The zero-order chi connectivity index (χ0) is 23.5. The van der Waals surface area contributed by atoms with Crippen LogP contribution in [0.5, 0.6) is 0 Å². The number of rotatable bonds is 9. The van der Waals surface area contributed by atoms with E-state index < -0.39 is 9.84 Å². The highest BCUT2D eigenvalue weighted by Crippen LogP contribution is 2.36. The third-order valence-corrected chi connectivity index (χ3v) is 8.49. The van der Waals surface area contributed by atoms with Crippen molar-refractivity contribution >= 4 is 65.6 Å². The molecule has 0 N–H and O–H groups in total. The Kier molecular flexibility index (Phi) is 8.16. The molecule has 0 aliphatic rings. The van der Waals surface area contributed by atoms with Crippen molar-refractivity contribution in [2.75, 3.05) is 37.8 Å². The molecule has 0 fully saturated rings. The average molecular weight is 515 g/mol. The van der Waals surface area contributed by atoms with E-state index >= 15 is 0 Å². The lowest BCUT2D eigenvalue weighted by Crippen LogP contribution is -2.34. The van der Waals surface area contributed by atoms with Crippen LogP contribution in [0.3, 0.4) is 0 Å². The molecule has 0 aliphatic heterocycles. The Balaban J connectivity index is 1.83.